The number of nitrogens with zero attached hydrogens (tertiary/aromatic N) is 2. The normalized spacial score (nSPS) is 12.2. The molecule has 1 atom stereocenters. The van der Waals surface area contributed by atoms with Crippen LogP contribution in [0, 0.1) is 11.6 Å². The third-order valence-corrected chi connectivity index (χ3v) is 3.03. The molecule has 2 rings (SSSR count). The van der Waals surface area contributed by atoms with Gasteiger partial charge in [-0.05, 0) is 25.1 Å². The number of halogens is 2. The van der Waals surface area contributed by atoms with Gasteiger partial charge in [0.05, 0.1) is 18.8 Å². The Balaban J connectivity index is 2.26. The average Bonchev–Trinajstić information content (AvgIpc) is 2.49. The molecule has 2 aromatic rings. The van der Waals surface area contributed by atoms with Crippen LogP contribution in [0.5, 0.6) is 5.88 Å². The molecule has 1 aromatic carbocycles. The van der Waals surface area contributed by atoms with Gasteiger partial charge >= 0.3 is 0 Å². The molecule has 20 heavy (non-hydrogen) atoms. The van der Waals surface area contributed by atoms with Gasteiger partial charge in [-0.25, -0.2) is 18.7 Å². The van der Waals surface area contributed by atoms with Crippen molar-refractivity contribution in [3.63, 3.8) is 0 Å². The molecule has 0 aliphatic rings. The maximum absolute atomic E-state index is 13.7. The van der Waals surface area contributed by atoms with Crippen LogP contribution in [0.25, 0.3) is 0 Å². The minimum atomic E-state index is -0.849. The van der Waals surface area contributed by atoms with Gasteiger partial charge in [0.15, 0.2) is 11.6 Å². The summed E-state index contributed by atoms with van der Waals surface area (Å²) in [7, 11) is 3.24. The van der Waals surface area contributed by atoms with Gasteiger partial charge in [0.25, 0.3) is 0 Å². The van der Waals surface area contributed by atoms with Crippen LogP contribution in [0.3, 0.4) is 0 Å². The number of rotatable bonds is 5. The predicted molar refractivity (Wildman–Crippen MR) is 70.4 cm³/mol. The quantitative estimate of drug-likeness (QED) is 0.912. The second kappa shape index (κ2) is 6.38. The second-order valence-electron chi connectivity index (χ2n) is 4.24. The van der Waals surface area contributed by atoms with E-state index in [9.17, 15) is 8.78 Å². The Kier molecular flexibility index (Phi) is 4.57. The fraction of sp³-hybridized carbons (Fsp3) is 0.286. The monoisotopic (exact) mass is 279 g/mol. The lowest BCUT2D eigenvalue weighted by Gasteiger charge is -2.16. The number of aromatic nitrogens is 2. The maximum Gasteiger partial charge on any atom is 0.216 e. The zero-order chi connectivity index (χ0) is 14.5. The van der Waals surface area contributed by atoms with Gasteiger partial charge in [-0.2, -0.15) is 0 Å². The van der Waals surface area contributed by atoms with Crippen molar-refractivity contribution >= 4 is 0 Å². The summed E-state index contributed by atoms with van der Waals surface area (Å²) in [5.74, 6) is -1.25. The molecule has 1 heterocycles. The second-order valence-corrected chi connectivity index (χ2v) is 4.24. The van der Waals surface area contributed by atoms with Crippen molar-refractivity contribution in [2.24, 2.45) is 0 Å². The van der Waals surface area contributed by atoms with E-state index in [1.54, 1.807) is 19.2 Å². The molecule has 0 aliphatic heterocycles. The first-order valence-electron chi connectivity index (χ1n) is 6.11. The van der Waals surface area contributed by atoms with Gasteiger partial charge in [0.2, 0.25) is 5.88 Å². The standard InChI is InChI=1S/C14H15F2N3O/c1-17-11(12-7-13(20-2)19-8-18-12)6-9-4-3-5-10(15)14(9)16/h3-5,7-8,11,17H,6H2,1-2H3. The summed E-state index contributed by atoms with van der Waals surface area (Å²) in [5, 5.41) is 3.03. The summed E-state index contributed by atoms with van der Waals surface area (Å²) in [6, 6.07) is 5.55. The highest BCUT2D eigenvalue weighted by molar-refractivity contribution is 5.23. The zero-order valence-corrected chi connectivity index (χ0v) is 11.2. The van der Waals surface area contributed by atoms with Gasteiger partial charge in [-0.15, -0.1) is 0 Å². The molecule has 4 nitrogen and oxygen atoms in total. The molecule has 1 N–H and O–H groups in total. The number of methoxy groups -OCH3 is 1. The smallest absolute Gasteiger partial charge is 0.216 e. The van der Waals surface area contributed by atoms with Crippen LogP contribution < -0.4 is 10.1 Å². The van der Waals surface area contributed by atoms with Crippen LogP contribution in [0.15, 0.2) is 30.6 Å². The minimum absolute atomic E-state index is 0.261. The fourth-order valence-corrected chi connectivity index (χ4v) is 1.94. The molecule has 0 radical (unpaired) electrons. The molecular weight excluding hydrogens is 264 g/mol. The highest BCUT2D eigenvalue weighted by Crippen LogP contribution is 2.21. The first-order valence-corrected chi connectivity index (χ1v) is 6.11. The number of hydrogen-bond donors (Lipinski definition) is 1. The highest BCUT2D eigenvalue weighted by Gasteiger charge is 2.16. The lowest BCUT2D eigenvalue weighted by Crippen LogP contribution is -2.21. The molecule has 0 saturated carbocycles. The first-order chi connectivity index (χ1) is 9.65. The van der Waals surface area contributed by atoms with E-state index in [0.29, 0.717) is 17.1 Å². The molecule has 0 fully saturated rings. The summed E-state index contributed by atoms with van der Waals surface area (Å²) >= 11 is 0. The van der Waals surface area contributed by atoms with E-state index in [0.717, 1.165) is 6.07 Å². The Morgan fingerprint density at radius 3 is 2.80 bits per heavy atom. The first kappa shape index (κ1) is 14.3. The van der Waals surface area contributed by atoms with Crippen LogP contribution in [0.1, 0.15) is 17.3 Å². The largest absolute Gasteiger partial charge is 0.481 e. The number of hydrogen-bond acceptors (Lipinski definition) is 4. The Hall–Kier alpha value is -2.08. The highest BCUT2D eigenvalue weighted by atomic mass is 19.2. The van der Waals surface area contributed by atoms with E-state index in [1.165, 1.54) is 19.5 Å². The molecule has 6 heteroatoms. The molecule has 0 spiro atoms. The SMILES string of the molecule is CNC(Cc1cccc(F)c1F)c1cc(OC)ncn1. The number of ether oxygens (including phenoxy) is 1. The molecule has 0 saturated heterocycles. The lowest BCUT2D eigenvalue weighted by molar-refractivity contribution is 0.394. The third kappa shape index (κ3) is 3.08. The molecule has 1 unspecified atom stereocenters. The van der Waals surface area contributed by atoms with Crippen molar-refractivity contribution in [1.82, 2.24) is 15.3 Å². The summed E-state index contributed by atoms with van der Waals surface area (Å²) < 4.78 is 31.9. The van der Waals surface area contributed by atoms with Crippen molar-refractivity contribution in [2.45, 2.75) is 12.5 Å². The summed E-state index contributed by atoms with van der Waals surface area (Å²) in [4.78, 5) is 8.06. The Morgan fingerprint density at radius 1 is 1.30 bits per heavy atom. The Bertz CT molecular complexity index is 592. The van der Waals surface area contributed by atoms with Crippen LogP contribution in [0.2, 0.25) is 0 Å². The van der Waals surface area contributed by atoms with Gasteiger partial charge in [-0.3, -0.25) is 0 Å². The lowest BCUT2D eigenvalue weighted by atomic mass is 10.0. The van der Waals surface area contributed by atoms with Gasteiger partial charge in [0, 0.05) is 6.07 Å². The molecular formula is C14H15F2N3O. The molecule has 0 bridgehead atoms. The summed E-state index contributed by atoms with van der Waals surface area (Å²) in [6.45, 7) is 0. The van der Waals surface area contributed by atoms with Crippen molar-refractivity contribution < 1.29 is 13.5 Å². The van der Waals surface area contributed by atoms with Crippen molar-refractivity contribution in [1.29, 1.82) is 0 Å². The van der Waals surface area contributed by atoms with E-state index in [-0.39, 0.29) is 12.5 Å². The van der Waals surface area contributed by atoms with E-state index in [2.05, 4.69) is 15.3 Å². The zero-order valence-electron chi connectivity index (χ0n) is 11.2. The molecule has 0 aliphatic carbocycles. The average molecular weight is 279 g/mol. The van der Waals surface area contributed by atoms with E-state index < -0.39 is 11.6 Å². The van der Waals surface area contributed by atoms with Crippen LogP contribution in [0.4, 0.5) is 8.78 Å². The number of nitrogens with one attached hydrogen (secondary N) is 1. The fourth-order valence-electron chi connectivity index (χ4n) is 1.94. The van der Waals surface area contributed by atoms with Crippen molar-refractivity contribution in [2.75, 3.05) is 14.2 Å². The van der Waals surface area contributed by atoms with Crippen LogP contribution in [-0.4, -0.2) is 24.1 Å². The summed E-state index contributed by atoms with van der Waals surface area (Å²) in [6.07, 6.45) is 1.65. The van der Waals surface area contributed by atoms with Crippen LogP contribution in [-0.2, 0) is 6.42 Å². The van der Waals surface area contributed by atoms with E-state index in [1.807, 2.05) is 0 Å². The summed E-state index contributed by atoms with van der Waals surface area (Å²) in [5.41, 5.74) is 0.949. The molecule has 1 aromatic heterocycles. The maximum atomic E-state index is 13.7. The van der Waals surface area contributed by atoms with E-state index in [4.69, 9.17) is 4.74 Å². The number of likely N-dealkylation sites (N-methyl/N-ethyl adjacent to an activating group) is 1. The van der Waals surface area contributed by atoms with E-state index >= 15 is 0 Å². The predicted octanol–water partition coefficient (Wildman–Crippen LogP) is 2.27. The molecule has 0 amide bonds. The topological polar surface area (TPSA) is 47.0 Å². The van der Waals surface area contributed by atoms with Gasteiger partial charge in [-0.1, -0.05) is 12.1 Å². The van der Waals surface area contributed by atoms with Crippen molar-refractivity contribution in [3.05, 3.63) is 53.5 Å². The minimum Gasteiger partial charge on any atom is -0.481 e. The van der Waals surface area contributed by atoms with Gasteiger partial charge in [0.1, 0.15) is 6.33 Å². The third-order valence-electron chi connectivity index (χ3n) is 3.03. The molecule has 106 valence electrons. The Morgan fingerprint density at radius 2 is 2.10 bits per heavy atom. The van der Waals surface area contributed by atoms with Crippen molar-refractivity contribution in [3.8, 4) is 5.88 Å². The van der Waals surface area contributed by atoms with Crippen LogP contribution >= 0.6 is 0 Å². The Labute approximate surface area is 115 Å². The number of benzene rings is 1. The van der Waals surface area contributed by atoms with Gasteiger partial charge < -0.3 is 10.1 Å².